The molecule has 9 nitrogen and oxygen atoms in total. The molecule has 34 heavy (non-hydrogen) atoms. The second kappa shape index (κ2) is 10.9. The molecule has 1 aromatic heterocycles. The third kappa shape index (κ3) is 6.26. The molecule has 0 aliphatic carbocycles. The number of carbonyl (C=O) groups is 4. The van der Waals surface area contributed by atoms with Gasteiger partial charge in [-0.15, -0.1) is 0 Å². The minimum atomic E-state index is -2.11. The number of carboxylic acids is 1. The highest BCUT2D eigenvalue weighted by Crippen LogP contribution is 2.16. The molecule has 1 heterocycles. The third-order valence-corrected chi connectivity index (χ3v) is 4.77. The predicted molar refractivity (Wildman–Crippen MR) is 121 cm³/mol. The largest absolute Gasteiger partial charge is 0.478 e. The van der Waals surface area contributed by atoms with Crippen molar-refractivity contribution in [2.24, 2.45) is 0 Å². The monoisotopic (exact) mass is 462 g/mol. The Balaban J connectivity index is 1.89. The van der Waals surface area contributed by atoms with Crippen molar-refractivity contribution in [2.75, 3.05) is 5.32 Å². The fraction of sp³-hybridized carbons (Fsp3) is 0.160. The zero-order valence-electron chi connectivity index (χ0n) is 18.4. The zero-order valence-corrected chi connectivity index (χ0v) is 18.4. The van der Waals surface area contributed by atoms with Gasteiger partial charge < -0.3 is 19.9 Å². The first-order valence-electron chi connectivity index (χ1n) is 10.2. The molecular formula is C25H22N2O7. The van der Waals surface area contributed by atoms with Gasteiger partial charge in [0.1, 0.15) is 0 Å². The summed E-state index contributed by atoms with van der Waals surface area (Å²) < 4.78 is 10.4. The molecule has 3 rings (SSSR count). The SMILES string of the molecule is Cc1ccc(C(=O)OC(C(=O)O)C(OC(=O)c2ccc(C)cc2)C(=O)Nc2ccncc2)cc1. The molecule has 0 radical (unpaired) electrons. The van der Waals surface area contributed by atoms with Gasteiger partial charge in [0.25, 0.3) is 5.91 Å². The number of aromatic nitrogens is 1. The number of amides is 1. The normalized spacial score (nSPS) is 12.2. The molecule has 0 aliphatic rings. The maximum absolute atomic E-state index is 13.0. The highest BCUT2D eigenvalue weighted by molar-refractivity contribution is 6.01. The highest BCUT2D eigenvalue weighted by atomic mass is 16.6. The molecule has 3 aromatic rings. The summed E-state index contributed by atoms with van der Waals surface area (Å²) in [6.07, 6.45) is -1.26. The lowest BCUT2D eigenvalue weighted by Gasteiger charge is -2.23. The lowest BCUT2D eigenvalue weighted by molar-refractivity contribution is -0.157. The summed E-state index contributed by atoms with van der Waals surface area (Å²) in [5.74, 6) is -4.59. The lowest BCUT2D eigenvalue weighted by atomic mass is 10.1. The third-order valence-electron chi connectivity index (χ3n) is 4.77. The summed E-state index contributed by atoms with van der Waals surface area (Å²) in [6, 6.07) is 15.4. The Morgan fingerprint density at radius 3 is 1.62 bits per heavy atom. The molecule has 0 fully saturated rings. The van der Waals surface area contributed by atoms with Gasteiger partial charge in [0.2, 0.25) is 12.2 Å². The predicted octanol–water partition coefficient (Wildman–Crippen LogP) is 3.17. The van der Waals surface area contributed by atoms with Crippen LogP contribution in [0.5, 0.6) is 0 Å². The Morgan fingerprint density at radius 1 is 0.735 bits per heavy atom. The van der Waals surface area contributed by atoms with E-state index >= 15 is 0 Å². The van der Waals surface area contributed by atoms with Crippen molar-refractivity contribution in [3.05, 3.63) is 95.3 Å². The van der Waals surface area contributed by atoms with Crippen molar-refractivity contribution >= 4 is 29.5 Å². The standard InChI is InChI=1S/C25H22N2O7/c1-15-3-7-17(8-4-15)24(31)33-20(22(28)27-19-11-13-26-14-12-19)21(23(29)30)34-25(32)18-9-5-16(2)6-10-18/h3-14,20-21H,1-2H3,(H,29,30)(H,26,27,28). The number of anilines is 1. The molecule has 0 saturated heterocycles. The van der Waals surface area contributed by atoms with E-state index in [2.05, 4.69) is 10.3 Å². The highest BCUT2D eigenvalue weighted by Gasteiger charge is 2.41. The van der Waals surface area contributed by atoms with E-state index in [0.29, 0.717) is 0 Å². The van der Waals surface area contributed by atoms with Gasteiger partial charge in [0.05, 0.1) is 11.1 Å². The van der Waals surface area contributed by atoms with Crippen molar-refractivity contribution in [3.63, 3.8) is 0 Å². The van der Waals surface area contributed by atoms with Crippen LogP contribution >= 0.6 is 0 Å². The molecule has 0 aliphatic heterocycles. The second-order valence-electron chi connectivity index (χ2n) is 7.45. The molecular weight excluding hydrogens is 440 g/mol. The number of benzene rings is 2. The van der Waals surface area contributed by atoms with Gasteiger partial charge in [-0.1, -0.05) is 35.4 Å². The number of esters is 2. The van der Waals surface area contributed by atoms with Gasteiger partial charge in [0.15, 0.2) is 0 Å². The van der Waals surface area contributed by atoms with E-state index in [-0.39, 0.29) is 16.8 Å². The van der Waals surface area contributed by atoms with Gasteiger partial charge in [-0.3, -0.25) is 9.78 Å². The second-order valence-corrected chi connectivity index (χ2v) is 7.45. The number of carboxylic acid groups (broad SMARTS) is 1. The van der Waals surface area contributed by atoms with Crippen LogP contribution in [-0.2, 0) is 19.1 Å². The fourth-order valence-corrected chi connectivity index (χ4v) is 2.89. The number of aryl methyl sites for hydroxylation is 2. The summed E-state index contributed by atoms with van der Waals surface area (Å²) in [5.41, 5.74) is 2.23. The van der Waals surface area contributed by atoms with E-state index in [4.69, 9.17) is 9.47 Å². The summed E-state index contributed by atoms with van der Waals surface area (Å²) >= 11 is 0. The van der Waals surface area contributed by atoms with E-state index in [1.807, 2.05) is 13.8 Å². The van der Waals surface area contributed by atoms with Crippen LogP contribution in [0.4, 0.5) is 5.69 Å². The minimum Gasteiger partial charge on any atom is -0.478 e. The van der Waals surface area contributed by atoms with Crippen LogP contribution in [0.25, 0.3) is 0 Å². The van der Waals surface area contributed by atoms with E-state index < -0.39 is 36.0 Å². The number of hydrogen-bond acceptors (Lipinski definition) is 7. The maximum atomic E-state index is 13.0. The molecule has 2 aromatic carbocycles. The van der Waals surface area contributed by atoms with E-state index in [1.165, 1.54) is 48.8 Å². The molecule has 2 atom stereocenters. The number of pyridine rings is 1. The number of aliphatic carboxylic acids is 1. The van der Waals surface area contributed by atoms with Crippen molar-refractivity contribution in [1.29, 1.82) is 0 Å². The molecule has 174 valence electrons. The summed E-state index contributed by atoms with van der Waals surface area (Å²) in [7, 11) is 0. The Kier molecular flexibility index (Phi) is 7.71. The number of rotatable bonds is 8. The number of nitrogens with zero attached hydrogens (tertiary/aromatic N) is 1. The molecule has 0 saturated carbocycles. The van der Waals surface area contributed by atoms with Crippen LogP contribution in [0.2, 0.25) is 0 Å². The number of carbonyl (C=O) groups excluding carboxylic acids is 3. The molecule has 0 spiro atoms. The smallest absolute Gasteiger partial charge is 0.349 e. The first-order chi connectivity index (χ1) is 16.2. The van der Waals surface area contributed by atoms with E-state index in [9.17, 15) is 24.3 Å². The van der Waals surface area contributed by atoms with Crippen LogP contribution in [0, 0.1) is 13.8 Å². The molecule has 2 unspecified atom stereocenters. The van der Waals surface area contributed by atoms with Gasteiger partial charge >= 0.3 is 17.9 Å². The Morgan fingerprint density at radius 2 is 1.18 bits per heavy atom. The lowest BCUT2D eigenvalue weighted by Crippen LogP contribution is -2.48. The number of nitrogens with one attached hydrogen (secondary N) is 1. The molecule has 2 N–H and O–H groups in total. The average molecular weight is 462 g/mol. The van der Waals surface area contributed by atoms with Crippen LogP contribution in [0.15, 0.2) is 73.1 Å². The van der Waals surface area contributed by atoms with Crippen molar-refractivity contribution < 1.29 is 33.8 Å². The van der Waals surface area contributed by atoms with Crippen LogP contribution in [0.3, 0.4) is 0 Å². The number of hydrogen-bond donors (Lipinski definition) is 2. The van der Waals surface area contributed by atoms with Gasteiger partial charge in [-0.2, -0.15) is 0 Å². The fourth-order valence-electron chi connectivity index (χ4n) is 2.89. The first kappa shape index (κ1) is 24.1. The van der Waals surface area contributed by atoms with Crippen LogP contribution in [-0.4, -0.2) is 46.1 Å². The van der Waals surface area contributed by atoms with Crippen molar-refractivity contribution in [1.82, 2.24) is 4.98 Å². The maximum Gasteiger partial charge on any atom is 0.349 e. The zero-order chi connectivity index (χ0) is 24.7. The molecule has 1 amide bonds. The van der Waals surface area contributed by atoms with Crippen molar-refractivity contribution in [3.8, 4) is 0 Å². The minimum absolute atomic E-state index is 0.0787. The number of ether oxygens (including phenoxy) is 2. The van der Waals surface area contributed by atoms with Crippen LogP contribution < -0.4 is 5.32 Å². The van der Waals surface area contributed by atoms with Crippen LogP contribution in [0.1, 0.15) is 31.8 Å². The Hall–Kier alpha value is -4.53. The van der Waals surface area contributed by atoms with E-state index in [1.54, 1.807) is 24.3 Å². The Labute approximate surface area is 195 Å². The quantitative estimate of drug-likeness (QED) is 0.488. The van der Waals surface area contributed by atoms with Gasteiger partial charge in [0, 0.05) is 18.1 Å². The summed E-state index contributed by atoms with van der Waals surface area (Å²) in [6.45, 7) is 3.64. The first-order valence-corrected chi connectivity index (χ1v) is 10.2. The summed E-state index contributed by atoms with van der Waals surface area (Å²) in [5, 5.41) is 12.2. The average Bonchev–Trinajstić information content (AvgIpc) is 2.82. The molecule has 0 bridgehead atoms. The van der Waals surface area contributed by atoms with Crippen molar-refractivity contribution in [2.45, 2.75) is 26.1 Å². The summed E-state index contributed by atoms with van der Waals surface area (Å²) in [4.78, 5) is 54.1. The van der Waals surface area contributed by atoms with E-state index in [0.717, 1.165) is 11.1 Å². The topological polar surface area (TPSA) is 132 Å². The van der Waals surface area contributed by atoms with Gasteiger partial charge in [-0.05, 0) is 50.2 Å². The Bertz CT molecular complexity index is 1180. The van der Waals surface area contributed by atoms with Gasteiger partial charge in [-0.25, -0.2) is 14.4 Å². The molecule has 9 heteroatoms.